The number of furan rings is 1. The Kier molecular flexibility index (Phi) is 5.07. The van der Waals surface area contributed by atoms with E-state index < -0.39 is 18.9 Å². The van der Waals surface area contributed by atoms with Crippen LogP contribution in [0.2, 0.25) is 0 Å². The minimum Gasteiger partial charge on any atom is -0.444 e. The van der Waals surface area contributed by atoms with Crippen LogP contribution in [0.15, 0.2) is 8.90 Å². The summed E-state index contributed by atoms with van der Waals surface area (Å²) in [5, 5.41) is 0. The monoisotopic (exact) mass is 350 g/mol. The Labute approximate surface area is 117 Å². The van der Waals surface area contributed by atoms with Gasteiger partial charge in [-0.25, -0.2) is 4.79 Å². The predicted molar refractivity (Wildman–Crippen MR) is 71.6 cm³/mol. The first kappa shape index (κ1) is 16.1. The molecule has 19 heavy (non-hydrogen) atoms. The van der Waals surface area contributed by atoms with Gasteiger partial charge in [0.1, 0.15) is 5.94 Å². The molecule has 0 radical (unpaired) electrons. The molecule has 0 bridgehead atoms. The lowest BCUT2D eigenvalue weighted by Gasteiger charge is -2.02. The lowest BCUT2D eigenvalue weighted by Crippen LogP contribution is -2.07. The zero-order valence-corrected chi connectivity index (χ0v) is 12.7. The van der Waals surface area contributed by atoms with Crippen LogP contribution in [-0.2, 0) is 22.2 Å². The molecule has 1 rings (SSSR count). The van der Waals surface area contributed by atoms with Gasteiger partial charge in [-0.3, -0.25) is 9.36 Å². The first-order valence-electron chi connectivity index (χ1n) is 5.43. The first-order valence-corrected chi connectivity index (χ1v) is 7.84. The van der Waals surface area contributed by atoms with Gasteiger partial charge in [0, 0.05) is 11.1 Å². The number of hydrogen-bond acceptors (Lipinski definition) is 4. The molecule has 1 aromatic rings. The van der Waals surface area contributed by atoms with Crippen molar-refractivity contribution in [3.8, 4) is 0 Å². The fraction of sp³-hybridized carbons (Fsp3) is 0.364. The van der Waals surface area contributed by atoms with E-state index in [4.69, 9.17) is 4.42 Å². The molecule has 0 aromatic carbocycles. The lowest BCUT2D eigenvalue weighted by atomic mass is 10.0. The van der Waals surface area contributed by atoms with Gasteiger partial charge in [0.25, 0.3) is 0 Å². The number of rotatable bonds is 5. The Morgan fingerprint density at radius 2 is 1.84 bits per heavy atom. The van der Waals surface area contributed by atoms with E-state index in [1.807, 2.05) is 0 Å². The van der Waals surface area contributed by atoms with E-state index in [2.05, 4.69) is 15.9 Å². The molecule has 2 N–H and O–H groups in total. The smallest absolute Gasteiger partial charge is 0.391 e. The molecule has 0 spiro atoms. The van der Waals surface area contributed by atoms with Gasteiger partial charge >= 0.3 is 7.60 Å². The summed E-state index contributed by atoms with van der Waals surface area (Å²) in [5.41, 5.74) is 0.199. The maximum Gasteiger partial charge on any atom is 0.391 e. The SMILES string of the molecule is CCc1c(C(=O)C(Br)=C=O)oc(P(=O)(O)O)c1CC. The Balaban J connectivity index is 3.59. The summed E-state index contributed by atoms with van der Waals surface area (Å²) < 4.78 is 16.0. The highest BCUT2D eigenvalue weighted by molar-refractivity contribution is 9.12. The Morgan fingerprint density at radius 1 is 1.32 bits per heavy atom. The highest BCUT2D eigenvalue weighted by atomic mass is 79.9. The zero-order chi connectivity index (χ0) is 14.8. The van der Waals surface area contributed by atoms with Crippen LogP contribution in [0, 0.1) is 0 Å². The van der Waals surface area contributed by atoms with Crippen molar-refractivity contribution in [3.63, 3.8) is 0 Å². The fourth-order valence-electron chi connectivity index (χ4n) is 1.79. The van der Waals surface area contributed by atoms with Crippen molar-refractivity contribution in [2.24, 2.45) is 0 Å². The van der Waals surface area contributed by atoms with E-state index in [9.17, 15) is 23.9 Å². The van der Waals surface area contributed by atoms with Crippen LogP contribution in [0.5, 0.6) is 0 Å². The van der Waals surface area contributed by atoms with Crippen LogP contribution in [-0.4, -0.2) is 21.5 Å². The third kappa shape index (κ3) is 3.14. The normalized spacial score (nSPS) is 11.2. The number of ketones is 1. The maximum absolute atomic E-state index is 11.9. The highest BCUT2D eigenvalue weighted by Gasteiger charge is 2.33. The second-order valence-corrected chi connectivity index (χ2v) is 5.98. The summed E-state index contributed by atoms with van der Waals surface area (Å²) in [6, 6.07) is 0. The van der Waals surface area contributed by atoms with E-state index >= 15 is 0 Å². The molecule has 0 amide bonds. The van der Waals surface area contributed by atoms with Gasteiger partial charge in [-0.1, -0.05) is 13.8 Å². The van der Waals surface area contributed by atoms with E-state index in [1.165, 1.54) is 5.94 Å². The Morgan fingerprint density at radius 3 is 2.21 bits per heavy atom. The van der Waals surface area contributed by atoms with Gasteiger partial charge in [-0.05, 0) is 28.8 Å². The van der Waals surface area contributed by atoms with Crippen molar-refractivity contribution >= 4 is 40.8 Å². The van der Waals surface area contributed by atoms with Crippen molar-refractivity contribution in [1.29, 1.82) is 0 Å². The molecule has 0 atom stereocenters. The zero-order valence-electron chi connectivity index (χ0n) is 10.3. The Hall–Kier alpha value is -0.970. The van der Waals surface area contributed by atoms with Crippen molar-refractivity contribution in [2.45, 2.75) is 26.7 Å². The summed E-state index contributed by atoms with van der Waals surface area (Å²) in [5.74, 6) is 0.374. The van der Waals surface area contributed by atoms with Gasteiger partial charge in [0.2, 0.25) is 11.3 Å². The summed E-state index contributed by atoms with van der Waals surface area (Å²) in [6.07, 6.45) is 0.662. The number of carbonyl (C=O) groups excluding carboxylic acids is 2. The third-order valence-corrected chi connectivity index (χ3v) is 3.97. The highest BCUT2D eigenvalue weighted by Crippen LogP contribution is 2.38. The van der Waals surface area contributed by atoms with Crippen molar-refractivity contribution < 1.29 is 28.4 Å². The number of Topliss-reactive ketones (excluding diaryl/α,β-unsaturated/α-hetero) is 1. The van der Waals surface area contributed by atoms with Gasteiger partial charge in [0.05, 0.1) is 0 Å². The summed E-state index contributed by atoms with van der Waals surface area (Å²) in [6.45, 7) is 3.42. The third-order valence-electron chi connectivity index (χ3n) is 2.56. The molecular formula is C11H12BrO6P. The minimum absolute atomic E-state index is 0.229. The molecule has 0 saturated carbocycles. The number of halogens is 1. The lowest BCUT2D eigenvalue weighted by molar-refractivity contribution is 0.102. The molecule has 0 saturated heterocycles. The summed E-state index contributed by atoms with van der Waals surface area (Å²) >= 11 is 2.74. The largest absolute Gasteiger partial charge is 0.444 e. The average molecular weight is 351 g/mol. The molecule has 1 aromatic heterocycles. The van der Waals surface area contributed by atoms with Crippen LogP contribution in [0.3, 0.4) is 0 Å². The molecule has 0 fully saturated rings. The summed E-state index contributed by atoms with van der Waals surface area (Å²) in [4.78, 5) is 40.8. The predicted octanol–water partition coefficient (Wildman–Crippen LogP) is 1.50. The van der Waals surface area contributed by atoms with E-state index in [-0.39, 0.29) is 10.2 Å². The van der Waals surface area contributed by atoms with Crippen molar-refractivity contribution in [3.05, 3.63) is 21.4 Å². The average Bonchev–Trinajstić information content (AvgIpc) is 2.74. The van der Waals surface area contributed by atoms with E-state index in [0.29, 0.717) is 24.0 Å². The molecule has 1 heterocycles. The number of allylic oxidation sites excluding steroid dienone is 1. The maximum atomic E-state index is 11.9. The van der Waals surface area contributed by atoms with Crippen LogP contribution < -0.4 is 5.50 Å². The van der Waals surface area contributed by atoms with Gasteiger partial charge in [-0.15, -0.1) is 0 Å². The molecule has 0 aliphatic rings. The minimum atomic E-state index is -4.61. The number of carbonyl (C=O) groups is 1. The second kappa shape index (κ2) is 5.99. The number of hydrogen-bond donors (Lipinski definition) is 2. The first-order chi connectivity index (χ1) is 8.77. The molecule has 0 aliphatic heterocycles. The van der Waals surface area contributed by atoms with Gasteiger partial charge < -0.3 is 14.2 Å². The molecule has 104 valence electrons. The molecule has 0 unspecified atom stereocenters. The van der Waals surface area contributed by atoms with Crippen LogP contribution in [0.25, 0.3) is 0 Å². The van der Waals surface area contributed by atoms with Crippen LogP contribution in [0.1, 0.15) is 35.5 Å². The standard InChI is InChI=1S/C11H12BrO6P/c1-3-6-7(4-2)11(19(15,16)17)18-10(6)9(14)8(12)5-13/h3-4H2,1-2H3,(H2,15,16,17). The molecular weight excluding hydrogens is 339 g/mol. The quantitative estimate of drug-likeness (QED) is 0.361. The van der Waals surface area contributed by atoms with Crippen molar-refractivity contribution in [1.82, 2.24) is 0 Å². The van der Waals surface area contributed by atoms with Crippen LogP contribution >= 0.6 is 23.5 Å². The molecule has 6 nitrogen and oxygen atoms in total. The topological polar surface area (TPSA) is 105 Å². The van der Waals surface area contributed by atoms with Gasteiger partial charge in [-0.2, -0.15) is 0 Å². The van der Waals surface area contributed by atoms with Gasteiger partial charge in [0.15, 0.2) is 10.2 Å². The van der Waals surface area contributed by atoms with Crippen LogP contribution in [0.4, 0.5) is 0 Å². The van der Waals surface area contributed by atoms with Crippen molar-refractivity contribution in [2.75, 3.05) is 0 Å². The Bertz CT molecular complexity index is 605. The molecule has 8 heteroatoms. The van der Waals surface area contributed by atoms with E-state index in [1.54, 1.807) is 13.8 Å². The van der Waals surface area contributed by atoms with E-state index in [0.717, 1.165) is 0 Å². The second-order valence-electron chi connectivity index (χ2n) is 3.69. The molecule has 0 aliphatic carbocycles. The summed E-state index contributed by atoms with van der Waals surface area (Å²) in [7, 11) is -4.61. The fourth-order valence-corrected chi connectivity index (χ4v) is 2.82.